The van der Waals surface area contributed by atoms with Crippen molar-refractivity contribution in [1.82, 2.24) is 0 Å². The Morgan fingerprint density at radius 3 is 2.56 bits per heavy atom. The van der Waals surface area contributed by atoms with E-state index in [4.69, 9.17) is 9.84 Å². The van der Waals surface area contributed by atoms with Gasteiger partial charge in [-0.25, -0.2) is 0 Å². The number of aliphatic hydroxyl groups excluding tert-OH is 2. The Hall–Kier alpha value is -0.120. The molecule has 3 heteroatoms. The molecule has 0 spiro atoms. The van der Waals surface area contributed by atoms with Crippen LogP contribution in [0.4, 0.5) is 0 Å². The van der Waals surface area contributed by atoms with E-state index in [0.717, 1.165) is 0 Å². The summed E-state index contributed by atoms with van der Waals surface area (Å²) in [6.07, 6.45) is -0.824. The molecule has 2 unspecified atom stereocenters. The highest BCUT2D eigenvalue weighted by atomic mass is 16.5. The van der Waals surface area contributed by atoms with Crippen LogP contribution in [0, 0.1) is 5.92 Å². The van der Waals surface area contributed by atoms with Gasteiger partial charge in [0, 0.05) is 5.92 Å². The number of hydrogen-bond donors (Lipinski definition) is 2. The van der Waals surface area contributed by atoms with Crippen molar-refractivity contribution < 1.29 is 14.9 Å². The van der Waals surface area contributed by atoms with Gasteiger partial charge in [-0.05, 0) is 0 Å². The van der Waals surface area contributed by atoms with Crippen molar-refractivity contribution in [1.29, 1.82) is 0 Å². The van der Waals surface area contributed by atoms with E-state index in [1.165, 1.54) is 0 Å². The molecule has 0 aliphatic carbocycles. The van der Waals surface area contributed by atoms with Gasteiger partial charge in [0.05, 0.1) is 19.3 Å². The van der Waals surface area contributed by atoms with Crippen LogP contribution in [-0.4, -0.2) is 35.6 Å². The van der Waals surface area contributed by atoms with Crippen molar-refractivity contribution in [3.63, 3.8) is 0 Å². The summed E-state index contributed by atoms with van der Waals surface area (Å²) in [6.45, 7) is 2.39. The Labute approximate surface area is 54.3 Å². The predicted octanol–water partition coefficient (Wildman–Crippen LogP) is -0.626. The molecule has 0 aromatic heterocycles. The van der Waals surface area contributed by atoms with Crippen LogP contribution in [0.15, 0.2) is 0 Å². The minimum Gasteiger partial charge on any atom is -0.394 e. The van der Waals surface area contributed by atoms with Gasteiger partial charge in [-0.15, -0.1) is 0 Å². The van der Waals surface area contributed by atoms with Crippen molar-refractivity contribution >= 4 is 0 Å². The zero-order chi connectivity index (χ0) is 6.85. The highest BCUT2D eigenvalue weighted by Gasteiger charge is 2.31. The molecule has 1 saturated heterocycles. The minimum atomic E-state index is -0.477. The van der Waals surface area contributed by atoms with E-state index < -0.39 is 6.10 Å². The fourth-order valence-corrected chi connectivity index (χ4v) is 1.000. The summed E-state index contributed by atoms with van der Waals surface area (Å²) < 4.78 is 5.03. The first-order valence-electron chi connectivity index (χ1n) is 3.16. The van der Waals surface area contributed by atoms with Crippen LogP contribution in [0.1, 0.15) is 6.92 Å². The maximum atomic E-state index is 9.17. The van der Waals surface area contributed by atoms with Crippen LogP contribution in [-0.2, 0) is 4.74 Å². The molecule has 3 nitrogen and oxygen atoms in total. The molecule has 54 valence electrons. The molecule has 1 rings (SSSR count). The number of rotatable bonds is 1. The largest absolute Gasteiger partial charge is 0.394 e. The minimum absolute atomic E-state index is 0.0779. The standard InChI is InChI=1S/C6H12O3/c1-4-3-9-5(2-7)6(4)8/h4-8H,2-3H2,1H3/t4?,5-,6?/m1/s1. The molecular formula is C6H12O3. The lowest BCUT2D eigenvalue weighted by molar-refractivity contribution is 0.00208. The molecule has 1 heterocycles. The van der Waals surface area contributed by atoms with Crippen LogP contribution < -0.4 is 0 Å². The molecule has 0 aromatic rings. The lowest BCUT2D eigenvalue weighted by Crippen LogP contribution is -2.27. The van der Waals surface area contributed by atoms with Gasteiger partial charge in [0.25, 0.3) is 0 Å². The first-order chi connectivity index (χ1) is 4.25. The second-order valence-electron chi connectivity index (χ2n) is 2.52. The smallest absolute Gasteiger partial charge is 0.107 e. The highest BCUT2D eigenvalue weighted by Crippen LogP contribution is 2.18. The van der Waals surface area contributed by atoms with Gasteiger partial charge in [0.1, 0.15) is 6.10 Å². The average Bonchev–Trinajstić information content (AvgIpc) is 2.15. The maximum absolute atomic E-state index is 9.17. The van der Waals surface area contributed by atoms with Gasteiger partial charge in [-0.1, -0.05) is 6.92 Å². The zero-order valence-electron chi connectivity index (χ0n) is 5.45. The quantitative estimate of drug-likeness (QED) is 0.499. The summed E-state index contributed by atoms with van der Waals surface area (Å²) in [6, 6.07) is 0. The van der Waals surface area contributed by atoms with Gasteiger partial charge in [0.2, 0.25) is 0 Å². The van der Waals surface area contributed by atoms with Gasteiger partial charge >= 0.3 is 0 Å². The van der Waals surface area contributed by atoms with E-state index in [2.05, 4.69) is 0 Å². The molecule has 0 aromatic carbocycles. The van der Waals surface area contributed by atoms with Crippen molar-refractivity contribution in [3.8, 4) is 0 Å². The topological polar surface area (TPSA) is 49.7 Å². The predicted molar refractivity (Wildman–Crippen MR) is 32.0 cm³/mol. The van der Waals surface area contributed by atoms with E-state index in [1.807, 2.05) is 6.92 Å². The van der Waals surface area contributed by atoms with E-state index in [-0.39, 0.29) is 18.6 Å². The summed E-state index contributed by atoms with van der Waals surface area (Å²) in [5.41, 5.74) is 0. The Bertz CT molecular complexity index is 94.3. The monoisotopic (exact) mass is 132 g/mol. The van der Waals surface area contributed by atoms with Crippen LogP contribution >= 0.6 is 0 Å². The third-order valence-corrected chi connectivity index (χ3v) is 1.72. The lowest BCUT2D eigenvalue weighted by atomic mass is 10.1. The third-order valence-electron chi connectivity index (χ3n) is 1.72. The third kappa shape index (κ3) is 1.23. The van der Waals surface area contributed by atoms with E-state index in [9.17, 15) is 5.11 Å². The zero-order valence-corrected chi connectivity index (χ0v) is 5.45. The lowest BCUT2D eigenvalue weighted by Gasteiger charge is -2.10. The summed E-state index contributed by atoms with van der Waals surface area (Å²) in [7, 11) is 0. The van der Waals surface area contributed by atoms with Gasteiger partial charge in [-0.3, -0.25) is 0 Å². The summed E-state index contributed by atoms with van der Waals surface area (Å²) in [5.74, 6) is 0.169. The van der Waals surface area contributed by atoms with Gasteiger partial charge < -0.3 is 14.9 Å². The van der Waals surface area contributed by atoms with E-state index in [1.54, 1.807) is 0 Å². The first-order valence-corrected chi connectivity index (χ1v) is 3.16. The van der Waals surface area contributed by atoms with Gasteiger partial charge in [0.15, 0.2) is 0 Å². The molecule has 0 bridgehead atoms. The molecule has 2 N–H and O–H groups in total. The molecular weight excluding hydrogens is 120 g/mol. The van der Waals surface area contributed by atoms with Crippen LogP contribution in [0.5, 0.6) is 0 Å². The average molecular weight is 132 g/mol. The first kappa shape index (κ1) is 6.99. The summed E-state index contributed by atoms with van der Waals surface area (Å²) in [5, 5.41) is 17.7. The second kappa shape index (κ2) is 2.64. The van der Waals surface area contributed by atoms with Crippen LogP contribution in [0.3, 0.4) is 0 Å². The molecule has 9 heavy (non-hydrogen) atoms. The Balaban J connectivity index is 2.41. The summed E-state index contributed by atoms with van der Waals surface area (Å²) in [4.78, 5) is 0. The SMILES string of the molecule is CC1CO[C@H](CO)C1O. The number of ether oxygens (including phenoxy) is 1. The maximum Gasteiger partial charge on any atom is 0.107 e. The van der Waals surface area contributed by atoms with E-state index in [0.29, 0.717) is 6.61 Å². The van der Waals surface area contributed by atoms with Crippen molar-refractivity contribution in [2.24, 2.45) is 5.92 Å². The molecule has 1 aliphatic rings. The summed E-state index contributed by atoms with van der Waals surface area (Å²) >= 11 is 0. The van der Waals surface area contributed by atoms with Crippen LogP contribution in [0.25, 0.3) is 0 Å². The Morgan fingerprint density at radius 1 is 1.67 bits per heavy atom. The number of aliphatic hydroxyl groups is 2. The van der Waals surface area contributed by atoms with Crippen LogP contribution in [0.2, 0.25) is 0 Å². The molecule has 0 radical (unpaired) electrons. The Kier molecular flexibility index (Phi) is 2.05. The molecule has 1 aliphatic heterocycles. The van der Waals surface area contributed by atoms with E-state index >= 15 is 0 Å². The molecule has 0 amide bonds. The second-order valence-corrected chi connectivity index (χ2v) is 2.52. The fraction of sp³-hybridized carbons (Fsp3) is 1.00. The van der Waals surface area contributed by atoms with Crippen molar-refractivity contribution in [2.45, 2.75) is 19.1 Å². The van der Waals surface area contributed by atoms with Crippen molar-refractivity contribution in [2.75, 3.05) is 13.2 Å². The Morgan fingerprint density at radius 2 is 2.33 bits per heavy atom. The van der Waals surface area contributed by atoms with Crippen molar-refractivity contribution in [3.05, 3.63) is 0 Å². The molecule has 1 fully saturated rings. The highest BCUT2D eigenvalue weighted by molar-refractivity contribution is 4.79. The fourth-order valence-electron chi connectivity index (χ4n) is 1.000. The normalized spacial score (nSPS) is 43.7. The molecule has 3 atom stereocenters. The number of hydrogen-bond acceptors (Lipinski definition) is 3. The van der Waals surface area contributed by atoms with Gasteiger partial charge in [-0.2, -0.15) is 0 Å². The molecule has 0 saturated carbocycles.